The van der Waals surface area contributed by atoms with Gasteiger partial charge in [-0.1, -0.05) is 25.8 Å². The van der Waals surface area contributed by atoms with Crippen molar-refractivity contribution in [2.45, 2.75) is 26.2 Å². The van der Waals surface area contributed by atoms with Crippen molar-refractivity contribution in [2.75, 3.05) is 6.61 Å². The molecule has 0 saturated carbocycles. The summed E-state index contributed by atoms with van der Waals surface area (Å²) in [6, 6.07) is 3.45. The maximum atomic E-state index is 13.2. The van der Waals surface area contributed by atoms with Crippen LogP contribution in [0, 0.1) is 11.6 Å². The van der Waals surface area contributed by atoms with Gasteiger partial charge in [-0.2, -0.15) is 0 Å². The molecule has 0 saturated heterocycles. The van der Waals surface area contributed by atoms with Crippen LogP contribution in [0.4, 0.5) is 8.78 Å². The zero-order valence-electron chi connectivity index (χ0n) is 9.13. The van der Waals surface area contributed by atoms with E-state index in [1.165, 1.54) is 12.1 Å². The van der Waals surface area contributed by atoms with Gasteiger partial charge in [-0.15, -0.1) is 0 Å². The molecule has 16 heavy (non-hydrogen) atoms. The van der Waals surface area contributed by atoms with Crippen LogP contribution < -0.4 is 0 Å². The molecule has 2 nitrogen and oxygen atoms in total. The molecule has 0 N–H and O–H groups in total. The minimum absolute atomic E-state index is 0.239. The summed E-state index contributed by atoms with van der Waals surface area (Å²) >= 11 is 0. The lowest BCUT2D eigenvalue weighted by Crippen LogP contribution is -2.09. The van der Waals surface area contributed by atoms with E-state index in [-0.39, 0.29) is 12.2 Å². The van der Waals surface area contributed by atoms with Crippen LogP contribution in [-0.2, 0) is 4.74 Å². The summed E-state index contributed by atoms with van der Waals surface area (Å²) in [5, 5.41) is 0. The summed E-state index contributed by atoms with van der Waals surface area (Å²) < 4.78 is 30.8. The molecule has 88 valence electrons. The first kappa shape index (κ1) is 12.6. The van der Waals surface area contributed by atoms with E-state index >= 15 is 0 Å². The lowest BCUT2D eigenvalue weighted by atomic mass is 10.2. The van der Waals surface area contributed by atoms with Crippen LogP contribution >= 0.6 is 0 Å². The van der Waals surface area contributed by atoms with Gasteiger partial charge < -0.3 is 4.74 Å². The number of halogens is 2. The van der Waals surface area contributed by atoms with E-state index in [9.17, 15) is 13.6 Å². The molecular formula is C12H14F2O2. The average Bonchev–Trinajstić information content (AvgIpc) is 2.28. The molecule has 0 bridgehead atoms. The van der Waals surface area contributed by atoms with Gasteiger partial charge in [-0.3, -0.25) is 0 Å². The predicted octanol–water partition coefficient (Wildman–Crippen LogP) is 3.31. The second-order valence-electron chi connectivity index (χ2n) is 3.44. The number of carbonyl (C=O) groups is 1. The van der Waals surface area contributed by atoms with Crippen LogP contribution in [0.3, 0.4) is 0 Å². The number of unbranched alkanes of at least 4 members (excludes halogenated alkanes) is 2. The van der Waals surface area contributed by atoms with Crippen molar-refractivity contribution in [3.63, 3.8) is 0 Å². The van der Waals surface area contributed by atoms with Gasteiger partial charge in [0.2, 0.25) is 0 Å². The van der Waals surface area contributed by atoms with Crippen LogP contribution in [0.5, 0.6) is 0 Å². The third kappa shape index (κ3) is 3.29. The topological polar surface area (TPSA) is 26.3 Å². The first-order chi connectivity index (χ1) is 7.66. The Morgan fingerprint density at radius 2 is 2.06 bits per heavy atom. The zero-order valence-corrected chi connectivity index (χ0v) is 9.13. The fourth-order valence-electron chi connectivity index (χ4n) is 1.26. The molecule has 0 unspecified atom stereocenters. The number of hydrogen-bond acceptors (Lipinski definition) is 2. The Bertz CT molecular complexity index is 364. The van der Waals surface area contributed by atoms with Gasteiger partial charge in [-0.05, 0) is 18.6 Å². The van der Waals surface area contributed by atoms with Crippen LogP contribution in [0.2, 0.25) is 0 Å². The van der Waals surface area contributed by atoms with Gasteiger partial charge >= 0.3 is 5.97 Å². The Morgan fingerprint density at radius 1 is 1.31 bits per heavy atom. The van der Waals surface area contributed by atoms with Crippen LogP contribution in [0.15, 0.2) is 18.2 Å². The van der Waals surface area contributed by atoms with Gasteiger partial charge in [0.25, 0.3) is 0 Å². The maximum absolute atomic E-state index is 13.2. The minimum atomic E-state index is -1.15. The van der Waals surface area contributed by atoms with Gasteiger partial charge in [-0.25, -0.2) is 13.6 Å². The number of ether oxygens (including phenoxy) is 1. The molecule has 0 radical (unpaired) electrons. The number of esters is 1. The molecule has 0 aliphatic carbocycles. The van der Waals surface area contributed by atoms with Crippen LogP contribution in [0.25, 0.3) is 0 Å². The van der Waals surface area contributed by atoms with Crippen LogP contribution in [-0.4, -0.2) is 12.6 Å². The van der Waals surface area contributed by atoms with Crippen molar-refractivity contribution in [2.24, 2.45) is 0 Å². The number of hydrogen-bond donors (Lipinski definition) is 0. The molecule has 0 heterocycles. The number of carbonyl (C=O) groups excluding carboxylic acids is 1. The highest BCUT2D eigenvalue weighted by Gasteiger charge is 2.15. The fourth-order valence-corrected chi connectivity index (χ4v) is 1.26. The van der Waals surface area contributed by atoms with E-state index in [2.05, 4.69) is 0 Å². The molecule has 1 rings (SSSR count). The summed E-state index contributed by atoms with van der Waals surface area (Å²) in [5.74, 6) is -3.00. The van der Waals surface area contributed by atoms with Crippen molar-refractivity contribution >= 4 is 5.97 Å². The van der Waals surface area contributed by atoms with E-state index in [0.717, 1.165) is 25.3 Å². The molecular weight excluding hydrogens is 214 g/mol. The zero-order chi connectivity index (χ0) is 12.0. The first-order valence-corrected chi connectivity index (χ1v) is 5.28. The molecule has 0 atom stereocenters. The van der Waals surface area contributed by atoms with Crippen molar-refractivity contribution in [1.29, 1.82) is 0 Å². The monoisotopic (exact) mass is 228 g/mol. The van der Waals surface area contributed by atoms with Gasteiger partial charge in [0.05, 0.1) is 12.2 Å². The molecule has 0 aliphatic heterocycles. The maximum Gasteiger partial charge on any atom is 0.341 e. The smallest absolute Gasteiger partial charge is 0.341 e. The highest BCUT2D eigenvalue weighted by molar-refractivity contribution is 5.89. The molecule has 0 spiro atoms. The lowest BCUT2D eigenvalue weighted by Gasteiger charge is -2.05. The average molecular weight is 228 g/mol. The second-order valence-corrected chi connectivity index (χ2v) is 3.44. The largest absolute Gasteiger partial charge is 0.462 e. The summed E-state index contributed by atoms with van der Waals surface area (Å²) in [6.45, 7) is 2.26. The quantitative estimate of drug-likeness (QED) is 0.571. The summed E-state index contributed by atoms with van der Waals surface area (Å²) in [4.78, 5) is 11.4. The van der Waals surface area contributed by atoms with Crippen molar-refractivity contribution in [1.82, 2.24) is 0 Å². The summed E-state index contributed by atoms with van der Waals surface area (Å²) in [7, 11) is 0. The molecule has 4 heteroatoms. The third-order valence-electron chi connectivity index (χ3n) is 2.15. The Morgan fingerprint density at radius 3 is 2.75 bits per heavy atom. The molecule has 0 aromatic heterocycles. The molecule has 1 aromatic rings. The van der Waals surface area contributed by atoms with Gasteiger partial charge in [0, 0.05) is 0 Å². The third-order valence-corrected chi connectivity index (χ3v) is 2.15. The molecule has 0 fully saturated rings. The highest BCUT2D eigenvalue weighted by atomic mass is 19.2. The van der Waals surface area contributed by atoms with Crippen molar-refractivity contribution < 1.29 is 18.3 Å². The van der Waals surface area contributed by atoms with Crippen molar-refractivity contribution in [3.05, 3.63) is 35.4 Å². The minimum Gasteiger partial charge on any atom is -0.462 e. The number of rotatable bonds is 5. The Balaban J connectivity index is 2.56. The Kier molecular flexibility index (Phi) is 4.89. The van der Waals surface area contributed by atoms with E-state index in [1.54, 1.807) is 0 Å². The van der Waals surface area contributed by atoms with E-state index in [4.69, 9.17) is 4.74 Å². The molecule has 0 aliphatic rings. The van der Waals surface area contributed by atoms with E-state index in [0.29, 0.717) is 0 Å². The fraction of sp³-hybridized carbons (Fsp3) is 0.417. The van der Waals surface area contributed by atoms with E-state index < -0.39 is 17.6 Å². The van der Waals surface area contributed by atoms with Gasteiger partial charge in [0.1, 0.15) is 0 Å². The lowest BCUT2D eigenvalue weighted by molar-refractivity contribution is 0.0491. The Labute approximate surface area is 93.2 Å². The van der Waals surface area contributed by atoms with Crippen LogP contribution in [0.1, 0.15) is 36.5 Å². The first-order valence-electron chi connectivity index (χ1n) is 5.28. The summed E-state index contributed by atoms with van der Waals surface area (Å²) in [5.41, 5.74) is -0.350. The highest BCUT2D eigenvalue weighted by Crippen LogP contribution is 2.12. The SMILES string of the molecule is CCCCCOC(=O)c1cccc(F)c1F. The standard InChI is InChI=1S/C12H14F2O2/c1-2-3-4-8-16-12(15)9-6-5-7-10(13)11(9)14/h5-7H,2-4,8H2,1H3. The number of benzene rings is 1. The normalized spacial score (nSPS) is 10.2. The molecule has 0 amide bonds. The predicted molar refractivity (Wildman–Crippen MR) is 56.2 cm³/mol. The van der Waals surface area contributed by atoms with Crippen molar-refractivity contribution in [3.8, 4) is 0 Å². The second kappa shape index (κ2) is 6.20. The van der Waals surface area contributed by atoms with Gasteiger partial charge in [0.15, 0.2) is 11.6 Å². The Hall–Kier alpha value is -1.45. The molecule has 1 aromatic carbocycles. The van der Waals surface area contributed by atoms with E-state index in [1.807, 2.05) is 6.92 Å². The summed E-state index contributed by atoms with van der Waals surface area (Å²) in [6.07, 6.45) is 2.68.